The second-order valence-electron chi connectivity index (χ2n) is 4.33. The molecule has 1 aromatic carbocycles. The van der Waals surface area contributed by atoms with Crippen LogP contribution in [0.15, 0.2) is 30.5 Å². The number of nitrogens with one attached hydrogen (secondary N) is 1. The summed E-state index contributed by atoms with van der Waals surface area (Å²) in [5.74, 6) is 0.640. The van der Waals surface area contributed by atoms with Crippen LogP contribution in [0.5, 0.6) is 5.75 Å². The maximum atomic E-state index is 9.84. The zero-order chi connectivity index (χ0) is 13.4. The van der Waals surface area contributed by atoms with E-state index in [4.69, 9.17) is 9.84 Å². The van der Waals surface area contributed by atoms with E-state index in [1.807, 2.05) is 24.3 Å². The average molecular weight is 258 g/mol. The Morgan fingerprint density at radius 2 is 2.16 bits per heavy atom. The van der Waals surface area contributed by atoms with Crippen LogP contribution in [0.3, 0.4) is 0 Å². The molecule has 0 spiro atoms. The fourth-order valence-electron chi connectivity index (χ4n) is 2.34. The second kappa shape index (κ2) is 4.53. The molecule has 1 atom stereocenters. The van der Waals surface area contributed by atoms with Gasteiger partial charge in [0.2, 0.25) is 0 Å². The number of ether oxygens (including phenoxy) is 1. The summed E-state index contributed by atoms with van der Waals surface area (Å²) in [7, 11) is 1.58. The Hall–Kier alpha value is -2.11. The van der Waals surface area contributed by atoms with Crippen molar-refractivity contribution in [3.05, 3.63) is 36.2 Å². The third-order valence-electron chi connectivity index (χ3n) is 3.24. The maximum absolute atomic E-state index is 9.84. The number of aliphatic hydroxyl groups is 2. The van der Waals surface area contributed by atoms with Crippen LogP contribution in [0.4, 0.5) is 0 Å². The van der Waals surface area contributed by atoms with Gasteiger partial charge in [-0.25, -0.2) is 0 Å². The molecule has 0 aliphatic heterocycles. The molecule has 0 fully saturated rings. The van der Waals surface area contributed by atoms with Gasteiger partial charge in [-0.05, 0) is 6.07 Å². The normalized spacial score (nSPS) is 13.0. The standard InChI is InChI=1S/C14H14N2O3/c1-19-11-6-15-13(10(18)7-17)14-12(11)8-4-2-3-5-9(8)16-14/h2-6,10,16-18H,7H2,1H3/t10-/m0/s1. The first-order chi connectivity index (χ1) is 9.26. The van der Waals surface area contributed by atoms with E-state index in [0.29, 0.717) is 17.0 Å². The number of para-hydroxylation sites is 1. The number of hydrogen-bond donors (Lipinski definition) is 3. The Morgan fingerprint density at radius 1 is 1.37 bits per heavy atom. The zero-order valence-electron chi connectivity index (χ0n) is 10.4. The van der Waals surface area contributed by atoms with Crippen molar-refractivity contribution in [2.75, 3.05) is 13.7 Å². The summed E-state index contributed by atoms with van der Waals surface area (Å²) in [6, 6.07) is 7.80. The van der Waals surface area contributed by atoms with Crippen molar-refractivity contribution in [2.45, 2.75) is 6.10 Å². The van der Waals surface area contributed by atoms with Crippen molar-refractivity contribution in [3.8, 4) is 5.75 Å². The van der Waals surface area contributed by atoms with Gasteiger partial charge in [0.1, 0.15) is 11.9 Å². The van der Waals surface area contributed by atoms with Crippen molar-refractivity contribution in [3.63, 3.8) is 0 Å². The molecule has 98 valence electrons. The highest BCUT2D eigenvalue weighted by Crippen LogP contribution is 2.35. The van der Waals surface area contributed by atoms with Crippen molar-refractivity contribution in [2.24, 2.45) is 0 Å². The summed E-state index contributed by atoms with van der Waals surface area (Å²) < 4.78 is 5.34. The minimum atomic E-state index is -1.01. The smallest absolute Gasteiger partial charge is 0.147 e. The molecular weight excluding hydrogens is 244 g/mol. The molecule has 3 aromatic rings. The van der Waals surface area contributed by atoms with Gasteiger partial charge < -0.3 is 19.9 Å². The van der Waals surface area contributed by atoms with E-state index in [2.05, 4.69) is 9.97 Å². The topological polar surface area (TPSA) is 78.4 Å². The van der Waals surface area contributed by atoms with Crippen LogP contribution < -0.4 is 4.74 Å². The molecule has 0 unspecified atom stereocenters. The number of aromatic nitrogens is 2. The highest BCUT2D eigenvalue weighted by molar-refractivity contribution is 6.11. The van der Waals surface area contributed by atoms with Crippen molar-refractivity contribution in [1.82, 2.24) is 9.97 Å². The molecule has 3 rings (SSSR count). The number of fused-ring (bicyclic) bond motifs is 3. The van der Waals surface area contributed by atoms with E-state index in [1.54, 1.807) is 13.3 Å². The third kappa shape index (κ3) is 1.75. The number of aromatic amines is 1. The monoisotopic (exact) mass is 258 g/mol. The minimum Gasteiger partial charge on any atom is -0.494 e. The molecule has 0 aliphatic rings. The van der Waals surface area contributed by atoms with Gasteiger partial charge in [0.05, 0.1) is 36.5 Å². The summed E-state index contributed by atoms with van der Waals surface area (Å²) in [6.45, 7) is -0.371. The number of hydrogen-bond acceptors (Lipinski definition) is 4. The molecule has 0 radical (unpaired) electrons. The molecule has 2 heterocycles. The molecule has 3 N–H and O–H groups in total. The predicted molar refractivity (Wildman–Crippen MR) is 72.2 cm³/mol. The highest BCUT2D eigenvalue weighted by atomic mass is 16.5. The number of benzene rings is 1. The van der Waals surface area contributed by atoms with Gasteiger partial charge in [-0.2, -0.15) is 0 Å². The second-order valence-corrected chi connectivity index (χ2v) is 4.33. The lowest BCUT2D eigenvalue weighted by atomic mass is 10.1. The Morgan fingerprint density at radius 3 is 2.89 bits per heavy atom. The van der Waals surface area contributed by atoms with Crippen LogP contribution >= 0.6 is 0 Å². The van der Waals surface area contributed by atoms with Crippen LogP contribution in [-0.2, 0) is 0 Å². The van der Waals surface area contributed by atoms with Crippen molar-refractivity contribution >= 4 is 21.8 Å². The Kier molecular flexibility index (Phi) is 2.85. The average Bonchev–Trinajstić information content (AvgIpc) is 2.85. The van der Waals surface area contributed by atoms with E-state index in [9.17, 15) is 5.11 Å². The predicted octanol–water partition coefficient (Wildman–Crippen LogP) is 1.75. The Bertz CT molecular complexity index is 736. The van der Waals surface area contributed by atoms with E-state index in [-0.39, 0.29) is 6.61 Å². The molecule has 0 saturated heterocycles. The van der Waals surface area contributed by atoms with E-state index in [1.165, 1.54) is 0 Å². The summed E-state index contributed by atoms with van der Waals surface area (Å²) in [5, 5.41) is 20.8. The molecule has 2 aromatic heterocycles. The SMILES string of the molecule is COc1cnc([C@@H](O)CO)c2[nH]c3ccccc3c12. The van der Waals surface area contributed by atoms with Gasteiger partial charge >= 0.3 is 0 Å². The van der Waals surface area contributed by atoms with Gasteiger partial charge in [-0.1, -0.05) is 18.2 Å². The molecular formula is C14H14N2O3. The molecule has 0 saturated carbocycles. The summed E-state index contributed by atoms with van der Waals surface area (Å²) in [5.41, 5.74) is 2.06. The fourth-order valence-corrected chi connectivity index (χ4v) is 2.34. The number of pyridine rings is 1. The lowest BCUT2D eigenvalue weighted by Gasteiger charge is -2.09. The maximum Gasteiger partial charge on any atom is 0.147 e. The number of rotatable bonds is 3. The number of H-pyrrole nitrogens is 1. The Labute approximate surface area is 109 Å². The number of methoxy groups -OCH3 is 1. The quantitative estimate of drug-likeness (QED) is 0.668. The lowest BCUT2D eigenvalue weighted by Crippen LogP contribution is -2.06. The van der Waals surface area contributed by atoms with Crippen molar-refractivity contribution in [1.29, 1.82) is 0 Å². The van der Waals surface area contributed by atoms with E-state index < -0.39 is 6.10 Å². The molecule has 0 amide bonds. The van der Waals surface area contributed by atoms with Crippen LogP contribution in [0.1, 0.15) is 11.8 Å². The Balaban J connectivity index is 2.44. The van der Waals surface area contributed by atoms with Gasteiger partial charge in [-0.3, -0.25) is 4.98 Å². The highest BCUT2D eigenvalue weighted by Gasteiger charge is 2.18. The summed E-state index contributed by atoms with van der Waals surface area (Å²) in [4.78, 5) is 7.40. The van der Waals surface area contributed by atoms with Gasteiger partial charge in [0, 0.05) is 10.9 Å². The summed E-state index contributed by atoms with van der Waals surface area (Å²) in [6.07, 6.45) is 0.554. The first kappa shape index (κ1) is 12.0. The van der Waals surface area contributed by atoms with Crippen LogP contribution in [0, 0.1) is 0 Å². The molecule has 0 aliphatic carbocycles. The lowest BCUT2D eigenvalue weighted by molar-refractivity contribution is 0.0933. The third-order valence-corrected chi connectivity index (χ3v) is 3.24. The van der Waals surface area contributed by atoms with Crippen LogP contribution in [0.25, 0.3) is 21.8 Å². The van der Waals surface area contributed by atoms with Crippen LogP contribution in [-0.4, -0.2) is 33.9 Å². The first-order valence-electron chi connectivity index (χ1n) is 5.98. The minimum absolute atomic E-state index is 0.371. The van der Waals surface area contributed by atoms with Gasteiger partial charge in [-0.15, -0.1) is 0 Å². The largest absolute Gasteiger partial charge is 0.494 e. The van der Waals surface area contributed by atoms with Gasteiger partial charge in [0.15, 0.2) is 0 Å². The number of nitrogens with zero attached hydrogens (tertiary/aromatic N) is 1. The zero-order valence-corrected chi connectivity index (χ0v) is 10.4. The summed E-state index contributed by atoms with van der Waals surface area (Å²) >= 11 is 0. The fraction of sp³-hybridized carbons (Fsp3) is 0.214. The van der Waals surface area contributed by atoms with Crippen molar-refractivity contribution < 1.29 is 14.9 Å². The molecule has 0 bridgehead atoms. The van der Waals surface area contributed by atoms with E-state index >= 15 is 0 Å². The first-order valence-corrected chi connectivity index (χ1v) is 5.98. The number of aliphatic hydroxyl groups excluding tert-OH is 2. The molecule has 5 heteroatoms. The molecule has 5 nitrogen and oxygen atoms in total. The molecule has 19 heavy (non-hydrogen) atoms. The van der Waals surface area contributed by atoms with Crippen LogP contribution in [0.2, 0.25) is 0 Å². The van der Waals surface area contributed by atoms with E-state index in [0.717, 1.165) is 16.3 Å². The van der Waals surface area contributed by atoms with Gasteiger partial charge in [0.25, 0.3) is 0 Å².